The summed E-state index contributed by atoms with van der Waals surface area (Å²) in [7, 11) is 0. The zero-order valence-electron chi connectivity index (χ0n) is 39.9. The van der Waals surface area contributed by atoms with E-state index in [0.29, 0.717) is 12.8 Å². The van der Waals surface area contributed by atoms with Gasteiger partial charge in [-0.15, -0.1) is 0 Å². The van der Waals surface area contributed by atoms with Gasteiger partial charge in [0, 0.05) is 6.42 Å². The van der Waals surface area contributed by atoms with E-state index in [1.54, 1.807) is 0 Å². The second-order valence-electron chi connectivity index (χ2n) is 18.4. The van der Waals surface area contributed by atoms with Gasteiger partial charge in [-0.25, -0.2) is 0 Å². The molecular weight excluding hydrogens is 727 g/mol. The number of rotatable bonds is 49. The van der Waals surface area contributed by atoms with Crippen LogP contribution in [0.2, 0.25) is 0 Å². The van der Waals surface area contributed by atoms with Crippen molar-refractivity contribution < 1.29 is 20.1 Å². The highest BCUT2D eigenvalue weighted by molar-refractivity contribution is 5.76. The zero-order valence-corrected chi connectivity index (χ0v) is 39.9. The Kier molecular flexibility index (Phi) is 48.5. The molecule has 3 atom stereocenters. The van der Waals surface area contributed by atoms with Gasteiger partial charge in [0.25, 0.3) is 0 Å². The Morgan fingerprint density at radius 1 is 0.407 bits per heavy atom. The summed E-state index contributed by atoms with van der Waals surface area (Å²) in [6, 6.07) is -0.830. The van der Waals surface area contributed by atoms with E-state index >= 15 is 0 Å². The average Bonchev–Trinajstić information content (AvgIpc) is 3.24. The number of nitrogens with one attached hydrogen (secondary N) is 1. The van der Waals surface area contributed by atoms with Crippen LogP contribution in [0.1, 0.15) is 290 Å². The Morgan fingerprint density at radius 2 is 0.695 bits per heavy atom. The second-order valence-corrected chi connectivity index (χ2v) is 18.4. The fraction of sp³-hybridized carbons (Fsp3) is 0.907. The molecule has 1 amide bonds. The summed E-state index contributed by atoms with van der Waals surface area (Å²) in [5.74, 6) is -0.153. The smallest absolute Gasteiger partial charge is 0.220 e. The monoisotopic (exact) mass is 832 g/mol. The van der Waals surface area contributed by atoms with Crippen LogP contribution < -0.4 is 5.32 Å². The number of carbonyl (C=O) groups excluding carboxylic acids is 1. The molecule has 0 aromatic carbocycles. The number of hydrogen-bond acceptors (Lipinski definition) is 4. The van der Waals surface area contributed by atoms with Crippen molar-refractivity contribution in [3.8, 4) is 0 Å². The molecule has 0 saturated carbocycles. The summed E-state index contributed by atoms with van der Waals surface area (Å²) < 4.78 is 0. The highest BCUT2D eigenvalue weighted by Crippen LogP contribution is 2.17. The van der Waals surface area contributed by atoms with Crippen molar-refractivity contribution in [1.29, 1.82) is 0 Å². The van der Waals surface area contributed by atoms with E-state index in [9.17, 15) is 20.1 Å². The van der Waals surface area contributed by atoms with Crippen LogP contribution >= 0.6 is 0 Å². The predicted molar refractivity (Wildman–Crippen MR) is 259 cm³/mol. The Bertz CT molecular complexity index is 874. The molecule has 0 rings (SSSR count). The standard InChI is InChI=1S/C54H105NO4/c1-3-5-7-9-11-13-15-17-19-21-23-25-27-29-31-33-35-37-39-41-43-45-47-49-53(58)55-51(50-56)54(59)52(57)48-46-44-42-40-38-36-34-32-30-28-26-24-22-20-18-16-14-12-10-8-6-4-2/h32,34,40,42,51-52,54,56-57,59H,3-31,33,35-39,41,43-50H2,1-2H3,(H,55,58)/b34-32+,42-40+. The molecule has 4 N–H and O–H groups in total. The van der Waals surface area contributed by atoms with Gasteiger partial charge < -0.3 is 20.6 Å². The minimum atomic E-state index is -1.16. The van der Waals surface area contributed by atoms with Crippen molar-refractivity contribution in [2.45, 2.75) is 308 Å². The van der Waals surface area contributed by atoms with Gasteiger partial charge in [-0.3, -0.25) is 4.79 Å². The molecule has 0 aliphatic heterocycles. The molecule has 0 saturated heterocycles. The molecule has 5 heteroatoms. The van der Waals surface area contributed by atoms with Crippen LogP contribution in [-0.4, -0.2) is 46.1 Å². The van der Waals surface area contributed by atoms with Crippen LogP contribution in [0.4, 0.5) is 0 Å². The Labute approximate surface area is 369 Å². The molecule has 0 radical (unpaired) electrons. The predicted octanol–water partition coefficient (Wildman–Crippen LogP) is 16.1. The van der Waals surface area contributed by atoms with E-state index in [0.717, 1.165) is 44.9 Å². The number of unbranched alkanes of at least 4 members (excludes halogenated alkanes) is 37. The molecule has 350 valence electrons. The first kappa shape index (κ1) is 57.8. The first-order valence-corrected chi connectivity index (χ1v) is 26.6. The van der Waals surface area contributed by atoms with Crippen LogP contribution in [-0.2, 0) is 4.79 Å². The molecule has 0 aromatic rings. The largest absolute Gasteiger partial charge is 0.394 e. The van der Waals surface area contributed by atoms with Crippen LogP contribution in [0.25, 0.3) is 0 Å². The van der Waals surface area contributed by atoms with Gasteiger partial charge in [-0.05, 0) is 51.4 Å². The fourth-order valence-corrected chi connectivity index (χ4v) is 8.42. The molecule has 0 heterocycles. The molecule has 3 unspecified atom stereocenters. The fourth-order valence-electron chi connectivity index (χ4n) is 8.42. The molecule has 59 heavy (non-hydrogen) atoms. The first-order chi connectivity index (χ1) is 29.1. The molecule has 0 aromatic heterocycles. The molecule has 0 bridgehead atoms. The number of amides is 1. The summed E-state index contributed by atoms with van der Waals surface area (Å²) >= 11 is 0. The highest BCUT2D eigenvalue weighted by Gasteiger charge is 2.26. The van der Waals surface area contributed by atoms with Gasteiger partial charge in [0.05, 0.1) is 18.8 Å². The van der Waals surface area contributed by atoms with E-state index in [2.05, 4.69) is 43.5 Å². The number of allylic oxidation sites excluding steroid dienone is 4. The number of carbonyl (C=O) groups is 1. The van der Waals surface area contributed by atoms with Crippen molar-refractivity contribution in [2.75, 3.05) is 6.61 Å². The molecule has 0 aliphatic carbocycles. The average molecular weight is 832 g/mol. The highest BCUT2D eigenvalue weighted by atomic mass is 16.3. The van der Waals surface area contributed by atoms with Crippen molar-refractivity contribution in [1.82, 2.24) is 5.32 Å². The second kappa shape index (κ2) is 49.5. The number of hydrogen-bond donors (Lipinski definition) is 4. The zero-order chi connectivity index (χ0) is 43.0. The first-order valence-electron chi connectivity index (χ1n) is 26.6. The Balaban J connectivity index is 3.59. The summed E-state index contributed by atoms with van der Waals surface area (Å²) in [6.07, 6.45) is 61.8. The Morgan fingerprint density at radius 3 is 1.03 bits per heavy atom. The lowest BCUT2D eigenvalue weighted by atomic mass is 10.0. The van der Waals surface area contributed by atoms with Crippen molar-refractivity contribution in [3.05, 3.63) is 24.3 Å². The van der Waals surface area contributed by atoms with Gasteiger partial charge in [0.1, 0.15) is 6.10 Å². The summed E-state index contributed by atoms with van der Waals surface area (Å²) in [4.78, 5) is 12.5. The van der Waals surface area contributed by atoms with Gasteiger partial charge >= 0.3 is 0 Å². The van der Waals surface area contributed by atoms with E-state index in [4.69, 9.17) is 0 Å². The SMILES string of the molecule is CCCCCCCCCCCCCCC/C=C/CC/C=C/CCCC(O)C(O)C(CO)NC(=O)CCCCCCCCCCCCCCCCCCCCCCCCC. The summed E-state index contributed by atoms with van der Waals surface area (Å²) in [6.45, 7) is 4.20. The molecule has 0 spiro atoms. The van der Waals surface area contributed by atoms with Gasteiger partial charge in [0.15, 0.2) is 0 Å². The number of aliphatic hydroxyl groups is 3. The molecular formula is C54H105NO4. The third-order valence-electron chi connectivity index (χ3n) is 12.5. The minimum Gasteiger partial charge on any atom is -0.394 e. The molecule has 5 nitrogen and oxygen atoms in total. The summed E-state index contributed by atoms with van der Waals surface area (Å²) in [5.41, 5.74) is 0. The van der Waals surface area contributed by atoms with E-state index in [1.807, 2.05) is 0 Å². The van der Waals surface area contributed by atoms with Crippen molar-refractivity contribution in [2.24, 2.45) is 0 Å². The normalized spacial score (nSPS) is 13.5. The molecule has 0 aliphatic rings. The molecule has 0 fully saturated rings. The lowest BCUT2D eigenvalue weighted by molar-refractivity contribution is -0.124. The van der Waals surface area contributed by atoms with Gasteiger partial charge in [0.2, 0.25) is 5.91 Å². The van der Waals surface area contributed by atoms with Crippen LogP contribution in [0.15, 0.2) is 24.3 Å². The third kappa shape index (κ3) is 44.7. The summed E-state index contributed by atoms with van der Waals surface area (Å²) in [5, 5.41) is 33.7. The van der Waals surface area contributed by atoms with E-state index in [-0.39, 0.29) is 12.5 Å². The van der Waals surface area contributed by atoms with Gasteiger partial charge in [-0.2, -0.15) is 0 Å². The van der Waals surface area contributed by atoms with Crippen LogP contribution in [0, 0.1) is 0 Å². The maximum Gasteiger partial charge on any atom is 0.220 e. The number of aliphatic hydroxyl groups excluding tert-OH is 3. The third-order valence-corrected chi connectivity index (χ3v) is 12.5. The van der Waals surface area contributed by atoms with E-state index < -0.39 is 18.2 Å². The van der Waals surface area contributed by atoms with Crippen LogP contribution in [0.3, 0.4) is 0 Å². The van der Waals surface area contributed by atoms with Crippen LogP contribution in [0.5, 0.6) is 0 Å². The quantitative estimate of drug-likeness (QED) is 0.0363. The van der Waals surface area contributed by atoms with E-state index in [1.165, 1.54) is 218 Å². The maximum atomic E-state index is 12.5. The maximum absolute atomic E-state index is 12.5. The topological polar surface area (TPSA) is 89.8 Å². The Hall–Kier alpha value is -1.17. The lowest BCUT2D eigenvalue weighted by Gasteiger charge is -2.26. The van der Waals surface area contributed by atoms with Crippen molar-refractivity contribution >= 4 is 5.91 Å². The van der Waals surface area contributed by atoms with Crippen molar-refractivity contribution in [3.63, 3.8) is 0 Å². The lowest BCUT2D eigenvalue weighted by Crippen LogP contribution is -2.50. The van der Waals surface area contributed by atoms with Gasteiger partial charge in [-0.1, -0.05) is 256 Å². The minimum absolute atomic E-state index is 0.153.